The molecule has 0 aliphatic carbocycles. The summed E-state index contributed by atoms with van der Waals surface area (Å²) in [5.41, 5.74) is -0.996. The van der Waals surface area contributed by atoms with E-state index in [4.69, 9.17) is 4.74 Å². The van der Waals surface area contributed by atoms with Crippen LogP contribution in [0.5, 0.6) is 0 Å². The fraction of sp³-hybridized carbons (Fsp3) is 0.591. The van der Waals surface area contributed by atoms with E-state index in [1.54, 1.807) is 37.8 Å². The number of aliphatic carboxylic acids is 1. The summed E-state index contributed by atoms with van der Waals surface area (Å²) in [5, 5.41) is 12.0. The molecule has 1 aromatic rings. The molecule has 0 unspecified atom stereocenters. The molecule has 0 bridgehead atoms. The molecule has 2 aliphatic heterocycles. The molecular weight excluding hydrogens is 372 g/mol. The van der Waals surface area contributed by atoms with Gasteiger partial charge < -0.3 is 19.5 Å². The molecule has 29 heavy (non-hydrogen) atoms. The topological polar surface area (TPSA) is 90.0 Å². The molecule has 0 spiro atoms. The van der Waals surface area contributed by atoms with Crippen LogP contribution in [0, 0.1) is 0 Å². The second-order valence-corrected chi connectivity index (χ2v) is 8.89. The Hall–Kier alpha value is -2.57. The normalized spacial score (nSPS) is 21.7. The van der Waals surface area contributed by atoms with E-state index >= 15 is 0 Å². The molecule has 7 nitrogen and oxygen atoms in total. The van der Waals surface area contributed by atoms with Gasteiger partial charge in [-0.2, -0.15) is 0 Å². The average molecular weight is 401 g/mol. The lowest BCUT2D eigenvalue weighted by atomic mass is 9.72. The van der Waals surface area contributed by atoms with E-state index in [9.17, 15) is 19.5 Å². The Balaban J connectivity index is 1.69. The summed E-state index contributed by atoms with van der Waals surface area (Å²) in [4.78, 5) is 40.8. The first kappa shape index (κ1) is 21.1. The molecule has 2 amide bonds. The Bertz CT molecular complexity index is 763. The van der Waals surface area contributed by atoms with Crippen LogP contribution in [-0.4, -0.2) is 59.0 Å². The van der Waals surface area contributed by atoms with Gasteiger partial charge in [-0.1, -0.05) is 30.3 Å². The van der Waals surface area contributed by atoms with Crippen LogP contribution in [0.1, 0.15) is 52.0 Å². The molecule has 1 atom stereocenters. The van der Waals surface area contributed by atoms with Gasteiger partial charge in [-0.05, 0) is 52.0 Å². The molecule has 158 valence electrons. The number of benzene rings is 1. The van der Waals surface area contributed by atoms with Gasteiger partial charge in [0, 0.05) is 25.0 Å². The van der Waals surface area contributed by atoms with E-state index in [0.717, 1.165) is 6.42 Å². The summed E-state index contributed by atoms with van der Waals surface area (Å²) in [7, 11) is 0. The third-order valence-corrected chi connectivity index (χ3v) is 5.81. The van der Waals surface area contributed by atoms with Crippen molar-refractivity contribution in [2.24, 2.45) is 0 Å². The van der Waals surface area contributed by atoms with Crippen molar-refractivity contribution in [3.8, 4) is 0 Å². The largest absolute Gasteiger partial charge is 0.549 e. The standard InChI is InChI=1S/C22H30N2O5/c1-21(2,3)29-20(28)24-13-7-10-17(24)18(25)23-14-11-22(12-15-23,19(26)27)16-8-5-4-6-9-16/h4-6,8-9,17H,7,10-15H2,1-3H3,(H,26,27)/p-1/t17-/m1/s1. The van der Waals surface area contributed by atoms with Crippen molar-refractivity contribution >= 4 is 18.0 Å². The van der Waals surface area contributed by atoms with Crippen molar-refractivity contribution in [1.82, 2.24) is 9.80 Å². The monoisotopic (exact) mass is 401 g/mol. The lowest BCUT2D eigenvalue weighted by Gasteiger charge is -2.44. The number of carbonyl (C=O) groups is 3. The van der Waals surface area contributed by atoms with Crippen molar-refractivity contribution in [3.05, 3.63) is 35.9 Å². The third-order valence-electron chi connectivity index (χ3n) is 5.81. The van der Waals surface area contributed by atoms with E-state index < -0.39 is 29.1 Å². The summed E-state index contributed by atoms with van der Waals surface area (Å²) in [6, 6.07) is 8.53. The molecule has 0 aromatic heterocycles. The van der Waals surface area contributed by atoms with Crippen molar-refractivity contribution in [1.29, 1.82) is 0 Å². The van der Waals surface area contributed by atoms with Crippen LogP contribution < -0.4 is 5.11 Å². The smallest absolute Gasteiger partial charge is 0.410 e. The number of carboxylic acids is 1. The number of nitrogens with zero attached hydrogens (tertiary/aromatic N) is 2. The van der Waals surface area contributed by atoms with Crippen molar-refractivity contribution in [2.75, 3.05) is 19.6 Å². The van der Waals surface area contributed by atoms with E-state index in [1.165, 1.54) is 4.90 Å². The van der Waals surface area contributed by atoms with Gasteiger partial charge >= 0.3 is 6.09 Å². The fourth-order valence-electron chi connectivity index (χ4n) is 4.25. The van der Waals surface area contributed by atoms with Gasteiger partial charge in [0.05, 0.1) is 5.97 Å². The minimum atomic E-state index is -1.10. The number of ether oxygens (including phenoxy) is 1. The van der Waals surface area contributed by atoms with Crippen LogP contribution in [0.15, 0.2) is 30.3 Å². The van der Waals surface area contributed by atoms with E-state index in [2.05, 4.69) is 0 Å². The molecule has 0 N–H and O–H groups in total. The third kappa shape index (κ3) is 4.38. The number of rotatable bonds is 3. The number of carbonyl (C=O) groups excluding carboxylic acids is 3. The van der Waals surface area contributed by atoms with Gasteiger partial charge in [0.15, 0.2) is 0 Å². The summed E-state index contributed by atoms with van der Waals surface area (Å²) >= 11 is 0. The second-order valence-electron chi connectivity index (χ2n) is 8.89. The van der Waals surface area contributed by atoms with Crippen molar-refractivity contribution in [3.63, 3.8) is 0 Å². The zero-order valence-corrected chi connectivity index (χ0v) is 17.3. The lowest BCUT2D eigenvalue weighted by molar-refractivity contribution is -0.315. The number of hydrogen-bond donors (Lipinski definition) is 0. The number of piperidine rings is 1. The number of likely N-dealkylation sites (tertiary alicyclic amines) is 2. The van der Waals surface area contributed by atoms with Crippen LogP contribution in [-0.2, 0) is 19.7 Å². The van der Waals surface area contributed by atoms with Gasteiger partial charge in [-0.25, -0.2) is 4.79 Å². The highest BCUT2D eigenvalue weighted by molar-refractivity contribution is 5.87. The quantitative estimate of drug-likeness (QED) is 0.769. The average Bonchev–Trinajstić information content (AvgIpc) is 3.17. The molecular formula is C22H29N2O5-. The van der Waals surface area contributed by atoms with Crippen molar-refractivity contribution < 1.29 is 24.2 Å². The maximum absolute atomic E-state index is 13.1. The minimum absolute atomic E-state index is 0.131. The molecule has 2 heterocycles. The van der Waals surface area contributed by atoms with Gasteiger partial charge in [0.25, 0.3) is 0 Å². The van der Waals surface area contributed by atoms with Gasteiger partial charge in [0.1, 0.15) is 11.6 Å². The molecule has 3 rings (SSSR count). The Morgan fingerprint density at radius 3 is 2.24 bits per heavy atom. The molecule has 2 fully saturated rings. The predicted molar refractivity (Wildman–Crippen MR) is 105 cm³/mol. The molecule has 0 radical (unpaired) electrons. The SMILES string of the molecule is CC(C)(C)OC(=O)N1CCC[C@@H]1C(=O)N1CCC(C(=O)[O-])(c2ccccc2)CC1. The highest BCUT2D eigenvalue weighted by atomic mass is 16.6. The fourth-order valence-corrected chi connectivity index (χ4v) is 4.25. The summed E-state index contributed by atoms with van der Waals surface area (Å²) in [5.74, 6) is -1.24. The Labute approximate surface area is 171 Å². The van der Waals surface area contributed by atoms with Crippen molar-refractivity contribution in [2.45, 2.75) is 63.5 Å². The Kier molecular flexibility index (Phi) is 5.87. The molecule has 2 aliphatic rings. The van der Waals surface area contributed by atoms with Crippen LogP contribution >= 0.6 is 0 Å². The molecule has 0 saturated carbocycles. The van der Waals surface area contributed by atoms with Crippen LogP contribution in [0.25, 0.3) is 0 Å². The number of amides is 2. The second kappa shape index (κ2) is 8.05. The van der Waals surface area contributed by atoms with Gasteiger partial charge in [0.2, 0.25) is 5.91 Å². The molecule has 7 heteroatoms. The van der Waals surface area contributed by atoms with E-state index in [1.807, 2.05) is 18.2 Å². The minimum Gasteiger partial charge on any atom is -0.549 e. The van der Waals surface area contributed by atoms with Crippen LogP contribution in [0.3, 0.4) is 0 Å². The summed E-state index contributed by atoms with van der Waals surface area (Å²) < 4.78 is 5.44. The van der Waals surface area contributed by atoms with E-state index in [-0.39, 0.29) is 5.91 Å². The zero-order chi connectivity index (χ0) is 21.2. The molecule has 1 aromatic carbocycles. The highest BCUT2D eigenvalue weighted by Gasteiger charge is 2.43. The predicted octanol–water partition coefficient (Wildman–Crippen LogP) is 1.70. The zero-order valence-electron chi connectivity index (χ0n) is 17.3. The molecule has 2 saturated heterocycles. The maximum Gasteiger partial charge on any atom is 0.410 e. The lowest BCUT2D eigenvalue weighted by Crippen LogP contribution is -2.56. The van der Waals surface area contributed by atoms with Crippen LogP contribution in [0.4, 0.5) is 4.79 Å². The number of hydrogen-bond acceptors (Lipinski definition) is 5. The first-order valence-corrected chi connectivity index (χ1v) is 10.2. The van der Waals surface area contributed by atoms with E-state index in [0.29, 0.717) is 44.5 Å². The summed E-state index contributed by atoms with van der Waals surface area (Å²) in [6.07, 6.45) is 1.46. The van der Waals surface area contributed by atoms with Gasteiger partial charge in [-0.3, -0.25) is 9.69 Å². The Morgan fingerprint density at radius 1 is 1.07 bits per heavy atom. The first-order chi connectivity index (χ1) is 13.6. The Morgan fingerprint density at radius 2 is 1.69 bits per heavy atom. The van der Waals surface area contributed by atoms with Gasteiger partial charge in [-0.15, -0.1) is 0 Å². The number of carboxylic acid groups (broad SMARTS) is 1. The highest BCUT2D eigenvalue weighted by Crippen LogP contribution is 2.36. The van der Waals surface area contributed by atoms with Crippen LogP contribution in [0.2, 0.25) is 0 Å². The maximum atomic E-state index is 13.1. The summed E-state index contributed by atoms with van der Waals surface area (Å²) in [6.45, 7) is 6.52. The first-order valence-electron chi connectivity index (χ1n) is 10.2.